The number of aromatic nitrogens is 2. The van der Waals surface area contributed by atoms with E-state index >= 15 is 0 Å². The van der Waals surface area contributed by atoms with Crippen LogP contribution in [0, 0.1) is 12.7 Å². The van der Waals surface area contributed by atoms with Gasteiger partial charge >= 0.3 is 0 Å². The predicted octanol–water partition coefficient (Wildman–Crippen LogP) is 3.06. The Kier molecular flexibility index (Phi) is 5.02. The fourth-order valence-corrected chi connectivity index (χ4v) is 4.16. The van der Waals surface area contributed by atoms with E-state index in [2.05, 4.69) is 20.6 Å². The summed E-state index contributed by atoms with van der Waals surface area (Å²) < 4.78 is 20.0. The van der Waals surface area contributed by atoms with Gasteiger partial charge in [0.05, 0.1) is 23.9 Å². The molecule has 1 spiro atoms. The molecular formula is C21H25FN4O2. The van der Waals surface area contributed by atoms with E-state index in [1.807, 2.05) is 13.8 Å². The second-order valence-corrected chi connectivity index (χ2v) is 7.50. The van der Waals surface area contributed by atoms with Crippen LogP contribution >= 0.6 is 0 Å². The smallest absolute Gasteiger partial charge is 0.240 e. The van der Waals surface area contributed by atoms with Gasteiger partial charge in [0, 0.05) is 17.8 Å². The van der Waals surface area contributed by atoms with Crippen molar-refractivity contribution in [3.63, 3.8) is 0 Å². The zero-order chi connectivity index (χ0) is 19.7. The molecule has 2 N–H and O–H groups in total. The van der Waals surface area contributed by atoms with Crippen LogP contribution in [0.3, 0.4) is 0 Å². The van der Waals surface area contributed by atoms with Gasteiger partial charge in [0.2, 0.25) is 5.91 Å². The van der Waals surface area contributed by atoms with Crippen molar-refractivity contribution in [2.24, 2.45) is 0 Å². The van der Waals surface area contributed by atoms with Crippen LogP contribution in [0.2, 0.25) is 0 Å². The van der Waals surface area contributed by atoms with Crippen LogP contribution in [0.25, 0.3) is 11.3 Å². The number of aryl methyl sites for hydroxylation is 1. The summed E-state index contributed by atoms with van der Waals surface area (Å²) in [5, 5.41) is 6.42. The van der Waals surface area contributed by atoms with Gasteiger partial charge in [-0.25, -0.2) is 14.4 Å². The maximum absolute atomic E-state index is 14.5. The number of ether oxygens (including phenoxy) is 1. The molecular weight excluding hydrogens is 359 g/mol. The highest BCUT2D eigenvalue weighted by atomic mass is 19.1. The molecule has 4 rings (SSSR count). The van der Waals surface area contributed by atoms with E-state index in [1.165, 1.54) is 6.07 Å². The van der Waals surface area contributed by atoms with Gasteiger partial charge in [-0.2, -0.15) is 0 Å². The largest absolute Gasteiger partial charge is 0.494 e. The van der Waals surface area contributed by atoms with E-state index in [9.17, 15) is 9.18 Å². The molecule has 0 saturated carbocycles. The van der Waals surface area contributed by atoms with E-state index in [0.717, 1.165) is 37.9 Å². The van der Waals surface area contributed by atoms with Crippen LogP contribution in [0.5, 0.6) is 5.75 Å². The number of amides is 1. The molecule has 2 atom stereocenters. The van der Waals surface area contributed by atoms with Crippen molar-refractivity contribution in [3.8, 4) is 17.0 Å². The van der Waals surface area contributed by atoms with Crippen LogP contribution in [-0.4, -0.2) is 34.6 Å². The average Bonchev–Trinajstić information content (AvgIpc) is 3.11. The fraction of sp³-hybridized carbons (Fsp3) is 0.476. The molecule has 2 saturated heterocycles. The number of carbonyl (C=O) groups excluding carboxylic acids is 1. The third kappa shape index (κ3) is 3.46. The van der Waals surface area contributed by atoms with Crippen molar-refractivity contribution in [2.45, 2.75) is 51.1 Å². The zero-order valence-electron chi connectivity index (χ0n) is 16.2. The highest BCUT2D eigenvalue weighted by molar-refractivity contribution is 5.87. The van der Waals surface area contributed by atoms with Crippen LogP contribution < -0.4 is 15.4 Å². The van der Waals surface area contributed by atoms with Crippen molar-refractivity contribution in [3.05, 3.63) is 41.6 Å². The third-order valence-corrected chi connectivity index (χ3v) is 5.52. The van der Waals surface area contributed by atoms with Crippen molar-refractivity contribution in [1.29, 1.82) is 0 Å². The van der Waals surface area contributed by atoms with Crippen LogP contribution in [0.15, 0.2) is 24.3 Å². The molecule has 1 aromatic carbocycles. The molecule has 2 unspecified atom stereocenters. The van der Waals surface area contributed by atoms with Gasteiger partial charge in [0.15, 0.2) is 0 Å². The monoisotopic (exact) mass is 384 g/mol. The summed E-state index contributed by atoms with van der Waals surface area (Å²) in [6, 6.07) is 6.33. The fourth-order valence-electron chi connectivity index (χ4n) is 4.16. The zero-order valence-corrected chi connectivity index (χ0v) is 16.2. The average molecular weight is 384 g/mol. The second kappa shape index (κ2) is 7.47. The van der Waals surface area contributed by atoms with E-state index < -0.39 is 5.54 Å². The molecule has 3 heterocycles. The summed E-state index contributed by atoms with van der Waals surface area (Å²) in [6.07, 6.45) is 3.31. The minimum absolute atomic E-state index is 0.0598. The van der Waals surface area contributed by atoms with Gasteiger partial charge in [-0.15, -0.1) is 0 Å². The van der Waals surface area contributed by atoms with Crippen molar-refractivity contribution in [1.82, 2.24) is 20.6 Å². The topological polar surface area (TPSA) is 76.1 Å². The number of piperidine rings is 1. The van der Waals surface area contributed by atoms with Crippen molar-refractivity contribution < 1.29 is 13.9 Å². The van der Waals surface area contributed by atoms with Gasteiger partial charge in [0.1, 0.15) is 17.4 Å². The molecule has 1 amide bonds. The predicted molar refractivity (Wildman–Crippen MR) is 103 cm³/mol. The van der Waals surface area contributed by atoms with Crippen LogP contribution in [-0.2, 0) is 4.79 Å². The number of carbonyl (C=O) groups is 1. The molecule has 0 radical (unpaired) electrons. The lowest BCUT2D eigenvalue weighted by molar-refractivity contribution is -0.129. The number of halogens is 1. The Bertz CT molecular complexity index is 904. The van der Waals surface area contributed by atoms with Gasteiger partial charge in [-0.3, -0.25) is 10.1 Å². The molecule has 28 heavy (non-hydrogen) atoms. The summed E-state index contributed by atoms with van der Waals surface area (Å²) >= 11 is 0. The number of benzene rings is 1. The van der Waals surface area contributed by atoms with Gasteiger partial charge in [-0.05, 0) is 63.8 Å². The number of rotatable bonds is 4. The molecule has 148 valence electrons. The van der Waals surface area contributed by atoms with Gasteiger partial charge in [-0.1, -0.05) is 0 Å². The number of nitrogens with one attached hydrogen (secondary N) is 2. The lowest BCUT2D eigenvalue weighted by Gasteiger charge is -2.33. The minimum atomic E-state index is -0.531. The summed E-state index contributed by atoms with van der Waals surface area (Å²) in [5.41, 5.74) is 1.14. The lowest BCUT2D eigenvalue weighted by atomic mass is 9.88. The quantitative estimate of drug-likeness (QED) is 0.847. The first-order valence-electron chi connectivity index (χ1n) is 9.85. The van der Waals surface area contributed by atoms with E-state index in [1.54, 1.807) is 18.2 Å². The van der Waals surface area contributed by atoms with E-state index in [0.29, 0.717) is 29.4 Å². The summed E-state index contributed by atoms with van der Waals surface area (Å²) in [4.78, 5) is 21.6. The Morgan fingerprint density at radius 1 is 1.29 bits per heavy atom. The molecule has 2 aromatic rings. The Labute approximate surface area is 163 Å². The van der Waals surface area contributed by atoms with Crippen molar-refractivity contribution in [2.75, 3.05) is 13.2 Å². The van der Waals surface area contributed by atoms with Gasteiger partial charge in [0.25, 0.3) is 0 Å². The first-order chi connectivity index (χ1) is 13.5. The standard InChI is InChI=1S/C21H25FN4O2/c1-3-28-14-5-6-16(22)15(12-14)18-11-13(2)24-19(25-18)17-7-9-21(26-17)8-4-10-23-20(21)27/h5-6,11-12,17,26H,3-4,7-10H2,1-2H3,(H,23,27). The van der Waals surface area contributed by atoms with Gasteiger partial charge < -0.3 is 10.1 Å². The Hall–Kier alpha value is -2.54. The molecule has 6 nitrogen and oxygen atoms in total. The molecule has 0 aliphatic carbocycles. The number of hydrogen-bond acceptors (Lipinski definition) is 5. The normalized spacial score (nSPS) is 24.4. The summed E-state index contributed by atoms with van der Waals surface area (Å²) in [6.45, 7) is 5.00. The molecule has 2 aliphatic rings. The molecule has 2 aliphatic heterocycles. The minimum Gasteiger partial charge on any atom is -0.494 e. The van der Waals surface area contributed by atoms with Crippen LogP contribution in [0.1, 0.15) is 50.2 Å². The Morgan fingerprint density at radius 2 is 2.14 bits per heavy atom. The lowest BCUT2D eigenvalue weighted by Crippen LogP contribution is -2.57. The first-order valence-corrected chi connectivity index (χ1v) is 9.85. The van der Waals surface area contributed by atoms with E-state index in [4.69, 9.17) is 4.74 Å². The molecule has 1 aromatic heterocycles. The Morgan fingerprint density at radius 3 is 2.93 bits per heavy atom. The third-order valence-electron chi connectivity index (χ3n) is 5.52. The number of nitrogens with zero attached hydrogens (tertiary/aromatic N) is 2. The number of hydrogen-bond donors (Lipinski definition) is 2. The Balaban J connectivity index is 1.65. The summed E-state index contributed by atoms with van der Waals surface area (Å²) in [5.74, 6) is 0.916. The highest BCUT2D eigenvalue weighted by Gasteiger charge is 2.46. The van der Waals surface area contributed by atoms with E-state index in [-0.39, 0.29) is 17.8 Å². The maximum atomic E-state index is 14.5. The molecule has 2 fully saturated rings. The summed E-state index contributed by atoms with van der Waals surface area (Å²) in [7, 11) is 0. The highest BCUT2D eigenvalue weighted by Crippen LogP contribution is 2.37. The van der Waals surface area contributed by atoms with Crippen LogP contribution in [0.4, 0.5) is 4.39 Å². The molecule has 7 heteroatoms. The van der Waals surface area contributed by atoms with Crippen molar-refractivity contribution >= 4 is 5.91 Å². The first kappa shape index (κ1) is 18.8. The SMILES string of the molecule is CCOc1ccc(F)c(-c2cc(C)nc(C3CCC4(CCCNC4=O)N3)n2)c1. The maximum Gasteiger partial charge on any atom is 0.240 e. The second-order valence-electron chi connectivity index (χ2n) is 7.50. The molecule has 0 bridgehead atoms.